The zero-order valence-electron chi connectivity index (χ0n) is 14.9. The van der Waals surface area contributed by atoms with Crippen LogP contribution < -0.4 is 0 Å². The molecule has 1 aromatic rings. The summed E-state index contributed by atoms with van der Waals surface area (Å²) in [5.74, 6) is 1.74. The van der Waals surface area contributed by atoms with Gasteiger partial charge in [0, 0.05) is 0 Å². The van der Waals surface area contributed by atoms with Crippen molar-refractivity contribution >= 4 is 5.57 Å². The number of benzene rings is 1. The minimum Gasteiger partial charge on any atom is -0.0804 e. The van der Waals surface area contributed by atoms with Crippen LogP contribution in [0.1, 0.15) is 83.3 Å². The molecule has 2 atom stereocenters. The fraction of sp³-hybridized carbons (Fsp3) is 0.636. The Hall–Kier alpha value is -1.04. The zero-order chi connectivity index (χ0) is 15.8. The molecule has 0 saturated carbocycles. The number of hydrogen-bond donors (Lipinski definition) is 0. The summed E-state index contributed by atoms with van der Waals surface area (Å²) in [6, 6.07) is 9.38. The van der Waals surface area contributed by atoms with E-state index >= 15 is 0 Å². The zero-order valence-corrected chi connectivity index (χ0v) is 14.9. The molecule has 22 heavy (non-hydrogen) atoms. The molecule has 0 nitrogen and oxygen atoms in total. The van der Waals surface area contributed by atoms with E-state index in [0.29, 0.717) is 0 Å². The molecular weight excluding hydrogens is 264 g/mol. The molecule has 0 bridgehead atoms. The molecule has 1 aromatic carbocycles. The van der Waals surface area contributed by atoms with Crippen LogP contribution in [0.2, 0.25) is 0 Å². The van der Waals surface area contributed by atoms with Gasteiger partial charge >= 0.3 is 0 Å². The number of rotatable bonds is 8. The third kappa shape index (κ3) is 5.30. The first-order valence-electron chi connectivity index (χ1n) is 9.51. The molecule has 1 aliphatic carbocycles. The number of unbranched alkanes of at least 4 members (excludes halogenated alkanes) is 2. The summed E-state index contributed by atoms with van der Waals surface area (Å²) < 4.78 is 0. The molecule has 0 radical (unpaired) electrons. The lowest BCUT2D eigenvalue weighted by atomic mass is 9.83. The Morgan fingerprint density at radius 1 is 1.09 bits per heavy atom. The summed E-state index contributed by atoms with van der Waals surface area (Å²) in [4.78, 5) is 0. The van der Waals surface area contributed by atoms with Gasteiger partial charge in [0.25, 0.3) is 0 Å². The van der Waals surface area contributed by atoms with Crippen LogP contribution in [0.25, 0.3) is 5.57 Å². The van der Waals surface area contributed by atoms with Gasteiger partial charge in [0.1, 0.15) is 0 Å². The normalized spacial score (nSPS) is 19.8. The molecule has 0 aliphatic heterocycles. The van der Waals surface area contributed by atoms with Gasteiger partial charge in [0.15, 0.2) is 0 Å². The van der Waals surface area contributed by atoms with Gasteiger partial charge in [-0.2, -0.15) is 0 Å². The van der Waals surface area contributed by atoms with Crippen molar-refractivity contribution in [1.29, 1.82) is 0 Å². The van der Waals surface area contributed by atoms with Gasteiger partial charge in [-0.1, -0.05) is 83.2 Å². The molecular formula is C22H34. The van der Waals surface area contributed by atoms with Gasteiger partial charge in [-0.05, 0) is 54.2 Å². The average Bonchev–Trinajstić information content (AvgIpc) is 2.56. The van der Waals surface area contributed by atoms with Crippen molar-refractivity contribution in [3.63, 3.8) is 0 Å². The van der Waals surface area contributed by atoms with Gasteiger partial charge in [0.05, 0.1) is 0 Å². The van der Waals surface area contributed by atoms with Gasteiger partial charge in [-0.15, -0.1) is 0 Å². The van der Waals surface area contributed by atoms with Crippen LogP contribution >= 0.6 is 0 Å². The molecule has 2 rings (SSSR count). The predicted molar refractivity (Wildman–Crippen MR) is 99.1 cm³/mol. The van der Waals surface area contributed by atoms with Crippen LogP contribution in [0.4, 0.5) is 0 Å². The maximum absolute atomic E-state index is 2.52. The number of hydrogen-bond acceptors (Lipinski definition) is 0. The second-order valence-electron chi connectivity index (χ2n) is 7.28. The van der Waals surface area contributed by atoms with Crippen molar-refractivity contribution < 1.29 is 0 Å². The fourth-order valence-corrected chi connectivity index (χ4v) is 3.50. The van der Waals surface area contributed by atoms with Crippen molar-refractivity contribution in [2.45, 2.75) is 78.6 Å². The highest BCUT2D eigenvalue weighted by molar-refractivity contribution is 5.66. The Morgan fingerprint density at radius 2 is 1.86 bits per heavy atom. The first-order valence-corrected chi connectivity index (χ1v) is 9.51. The third-order valence-electron chi connectivity index (χ3n) is 5.34. The van der Waals surface area contributed by atoms with E-state index in [9.17, 15) is 0 Å². The smallest absolute Gasteiger partial charge is 0.0228 e. The number of allylic oxidation sites excluding steroid dienone is 2. The maximum Gasteiger partial charge on any atom is -0.0228 e. The molecule has 0 saturated heterocycles. The van der Waals surface area contributed by atoms with Crippen LogP contribution in [-0.2, 0) is 6.42 Å². The Bertz CT molecular complexity index is 451. The van der Waals surface area contributed by atoms with E-state index in [2.05, 4.69) is 51.1 Å². The summed E-state index contributed by atoms with van der Waals surface area (Å²) >= 11 is 0. The van der Waals surface area contributed by atoms with Crippen molar-refractivity contribution in [2.75, 3.05) is 0 Å². The van der Waals surface area contributed by atoms with Gasteiger partial charge in [-0.3, -0.25) is 0 Å². The quantitative estimate of drug-likeness (QED) is 0.451. The lowest BCUT2D eigenvalue weighted by Gasteiger charge is -2.22. The van der Waals surface area contributed by atoms with Gasteiger partial charge in [-0.25, -0.2) is 0 Å². The Kier molecular flexibility index (Phi) is 7.22. The van der Waals surface area contributed by atoms with Crippen LogP contribution in [0.15, 0.2) is 30.3 Å². The van der Waals surface area contributed by atoms with Gasteiger partial charge < -0.3 is 0 Å². The standard InChI is InChI=1S/C22H34/c1-4-6-7-8-19-9-13-21(14-10-19)22-15-11-20(12-16-22)17-18(3)5-2/h11-13,15-16,18-19H,4-10,14,17H2,1-3H3. The summed E-state index contributed by atoms with van der Waals surface area (Å²) in [6.45, 7) is 6.92. The largest absolute Gasteiger partial charge is 0.0804 e. The van der Waals surface area contributed by atoms with E-state index < -0.39 is 0 Å². The lowest BCUT2D eigenvalue weighted by Crippen LogP contribution is -2.05. The van der Waals surface area contributed by atoms with E-state index in [1.807, 2.05) is 0 Å². The molecule has 0 heterocycles. The molecule has 0 spiro atoms. The van der Waals surface area contributed by atoms with Gasteiger partial charge in [0.2, 0.25) is 0 Å². The predicted octanol–water partition coefficient (Wildman–Crippen LogP) is 7.04. The van der Waals surface area contributed by atoms with E-state index in [0.717, 1.165) is 11.8 Å². The second kappa shape index (κ2) is 9.18. The van der Waals surface area contributed by atoms with Crippen LogP contribution in [-0.4, -0.2) is 0 Å². The molecule has 0 fully saturated rings. The Morgan fingerprint density at radius 3 is 2.45 bits per heavy atom. The molecule has 0 N–H and O–H groups in total. The van der Waals surface area contributed by atoms with E-state index in [-0.39, 0.29) is 0 Å². The second-order valence-corrected chi connectivity index (χ2v) is 7.28. The third-order valence-corrected chi connectivity index (χ3v) is 5.34. The van der Waals surface area contributed by atoms with Crippen molar-refractivity contribution in [3.8, 4) is 0 Å². The molecule has 122 valence electrons. The topological polar surface area (TPSA) is 0 Å². The highest BCUT2D eigenvalue weighted by Crippen LogP contribution is 2.33. The van der Waals surface area contributed by atoms with E-state index in [1.54, 1.807) is 5.57 Å². The molecule has 0 aromatic heterocycles. The highest BCUT2D eigenvalue weighted by Gasteiger charge is 2.15. The monoisotopic (exact) mass is 298 g/mol. The molecule has 0 heteroatoms. The summed E-state index contributed by atoms with van der Waals surface area (Å²) in [7, 11) is 0. The average molecular weight is 299 g/mol. The summed E-state index contributed by atoms with van der Waals surface area (Å²) in [6.07, 6.45) is 14.6. The van der Waals surface area contributed by atoms with Crippen molar-refractivity contribution in [3.05, 3.63) is 41.5 Å². The fourth-order valence-electron chi connectivity index (χ4n) is 3.50. The van der Waals surface area contributed by atoms with E-state index in [4.69, 9.17) is 0 Å². The summed E-state index contributed by atoms with van der Waals surface area (Å²) in [5, 5.41) is 0. The van der Waals surface area contributed by atoms with Crippen LogP contribution in [0.5, 0.6) is 0 Å². The minimum atomic E-state index is 0.795. The first-order chi connectivity index (χ1) is 10.7. The molecule has 2 unspecified atom stereocenters. The van der Waals surface area contributed by atoms with Crippen molar-refractivity contribution in [2.24, 2.45) is 11.8 Å². The maximum atomic E-state index is 2.52. The summed E-state index contributed by atoms with van der Waals surface area (Å²) in [5.41, 5.74) is 4.54. The Labute approximate surface area is 138 Å². The van der Waals surface area contributed by atoms with Crippen molar-refractivity contribution in [1.82, 2.24) is 0 Å². The highest BCUT2D eigenvalue weighted by atomic mass is 14.2. The lowest BCUT2D eigenvalue weighted by molar-refractivity contribution is 0.428. The minimum absolute atomic E-state index is 0.795. The first kappa shape index (κ1) is 17.3. The SMILES string of the molecule is CCCCCC1CC=C(c2ccc(CC(C)CC)cc2)CC1. The molecule has 0 amide bonds. The van der Waals surface area contributed by atoms with Crippen LogP contribution in [0, 0.1) is 11.8 Å². The van der Waals surface area contributed by atoms with Crippen LogP contribution in [0.3, 0.4) is 0 Å². The molecule has 1 aliphatic rings. The van der Waals surface area contributed by atoms with E-state index in [1.165, 1.54) is 68.9 Å². The Balaban J connectivity index is 1.87.